The fraction of sp³-hybridized carbons (Fsp3) is 0.300. The van der Waals surface area contributed by atoms with Crippen molar-refractivity contribution >= 4 is 27.4 Å². The first kappa shape index (κ1) is 13.8. The summed E-state index contributed by atoms with van der Waals surface area (Å²) in [5.74, 6) is 0.168. The molecular formula is C10H14ClN3O2S. The Hall–Kier alpha value is -1.27. The molecule has 0 bridgehead atoms. The summed E-state index contributed by atoms with van der Waals surface area (Å²) in [5, 5.41) is 3.20. The maximum atomic E-state index is 11.8. The molecule has 0 amide bonds. The first-order chi connectivity index (χ1) is 7.95. The van der Waals surface area contributed by atoms with Gasteiger partial charge in [0.1, 0.15) is 0 Å². The number of nitrogens with two attached hydrogens (primary N) is 1. The van der Waals surface area contributed by atoms with Gasteiger partial charge >= 0.3 is 0 Å². The minimum atomic E-state index is -3.31. The maximum absolute atomic E-state index is 11.8. The smallest absolute Gasteiger partial charge is 0.188 e. The lowest BCUT2D eigenvalue weighted by molar-refractivity contribution is 0.595. The number of aliphatic imine (C=N–C) groups is 1. The van der Waals surface area contributed by atoms with E-state index in [4.69, 9.17) is 17.3 Å². The summed E-state index contributed by atoms with van der Waals surface area (Å²) in [4.78, 5) is 3.91. The molecule has 3 N–H and O–H groups in total. The summed E-state index contributed by atoms with van der Waals surface area (Å²) >= 11 is 5.69. The van der Waals surface area contributed by atoms with Crippen molar-refractivity contribution in [3.8, 4) is 0 Å². The Bertz CT molecular complexity index is 497. The van der Waals surface area contributed by atoms with Crippen LogP contribution in [0.15, 0.2) is 34.2 Å². The number of rotatable bonds is 4. The molecule has 0 saturated heterocycles. The molecule has 0 saturated carbocycles. The fourth-order valence-corrected chi connectivity index (χ4v) is 2.44. The number of nitrogens with zero attached hydrogens (tertiary/aromatic N) is 1. The lowest BCUT2D eigenvalue weighted by Crippen LogP contribution is -2.34. The standard InChI is InChI=1S/C10H14ClN3O2S/c1-13-10(12)14-6-7-17(15,16)9-4-2-8(11)3-5-9/h2-5H,6-7H2,1H3,(H3,12,13,14). The number of hydrogen-bond donors (Lipinski definition) is 2. The van der Waals surface area contributed by atoms with Crippen molar-refractivity contribution in [1.29, 1.82) is 0 Å². The van der Waals surface area contributed by atoms with Crippen LogP contribution in [0, 0.1) is 0 Å². The predicted octanol–water partition coefficient (Wildman–Crippen LogP) is 0.648. The zero-order chi connectivity index (χ0) is 12.9. The van der Waals surface area contributed by atoms with Gasteiger partial charge in [-0.05, 0) is 24.3 Å². The molecule has 1 aromatic carbocycles. The van der Waals surface area contributed by atoms with E-state index in [-0.39, 0.29) is 23.2 Å². The Balaban J connectivity index is 2.66. The van der Waals surface area contributed by atoms with Crippen LogP contribution >= 0.6 is 11.6 Å². The van der Waals surface area contributed by atoms with E-state index < -0.39 is 9.84 Å². The van der Waals surface area contributed by atoms with Crippen LogP contribution in [0.25, 0.3) is 0 Å². The predicted molar refractivity (Wildman–Crippen MR) is 69.1 cm³/mol. The fourth-order valence-electron chi connectivity index (χ4n) is 1.15. The molecule has 0 fully saturated rings. The molecule has 5 nitrogen and oxygen atoms in total. The van der Waals surface area contributed by atoms with Gasteiger partial charge in [0.2, 0.25) is 0 Å². The van der Waals surface area contributed by atoms with Gasteiger partial charge in [-0.15, -0.1) is 0 Å². The molecule has 17 heavy (non-hydrogen) atoms. The van der Waals surface area contributed by atoms with Crippen LogP contribution in [-0.2, 0) is 9.84 Å². The second-order valence-electron chi connectivity index (χ2n) is 3.31. The van der Waals surface area contributed by atoms with E-state index in [0.717, 1.165) is 0 Å². The molecule has 0 spiro atoms. The summed E-state index contributed by atoms with van der Waals surface area (Å²) in [6.45, 7) is 0.216. The van der Waals surface area contributed by atoms with Gasteiger partial charge in [0.25, 0.3) is 0 Å². The molecule has 7 heteroatoms. The quantitative estimate of drug-likeness (QED) is 0.624. The number of sulfone groups is 1. The van der Waals surface area contributed by atoms with Gasteiger partial charge in [-0.1, -0.05) is 11.6 Å². The summed E-state index contributed by atoms with van der Waals surface area (Å²) < 4.78 is 23.7. The summed E-state index contributed by atoms with van der Waals surface area (Å²) in [5.41, 5.74) is 5.39. The number of hydrogen-bond acceptors (Lipinski definition) is 3. The van der Waals surface area contributed by atoms with E-state index in [9.17, 15) is 8.42 Å². The Labute approximate surface area is 106 Å². The summed E-state index contributed by atoms with van der Waals surface area (Å²) in [6, 6.07) is 6.05. The normalized spacial score (nSPS) is 12.5. The topological polar surface area (TPSA) is 84.5 Å². The van der Waals surface area contributed by atoms with Crippen molar-refractivity contribution < 1.29 is 8.42 Å². The first-order valence-corrected chi connectivity index (χ1v) is 6.93. The molecule has 0 aromatic heterocycles. The van der Waals surface area contributed by atoms with Gasteiger partial charge in [0.05, 0.1) is 10.6 Å². The van der Waals surface area contributed by atoms with Crippen molar-refractivity contribution in [3.63, 3.8) is 0 Å². The van der Waals surface area contributed by atoms with E-state index in [2.05, 4.69) is 10.3 Å². The lowest BCUT2D eigenvalue weighted by Gasteiger charge is -2.06. The van der Waals surface area contributed by atoms with E-state index in [0.29, 0.717) is 5.02 Å². The lowest BCUT2D eigenvalue weighted by atomic mass is 10.4. The molecule has 1 rings (SSSR count). The number of guanidine groups is 1. The molecule has 0 aliphatic carbocycles. The average molecular weight is 276 g/mol. The highest BCUT2D eigenvalue weighted by Gasteiger charge is 2.13. The third-order valence-electron chi connectivity index (χ3n) is 2.09. The Kier molecular flexibility index (Phi) is 4.77. The van der Waals surface area contributed by atoms with Gasteiger partial charge in [-0.25, -0.2) is 8.42 Å². The van der Waals surface area contributed by atoms with E-state index in [1.54, 1.807) is 12.1 Å². The Morgan fingerprint density at radius 2 is 2.00 bits per heavy atom. The molecule has 0 unspecified atom stereocenters. The molecule has 1 aromatic rings. The minimum Gasteiger partial charge on any atom is -0.370 e. The van der Waals surface area contributed by atoms with Gasteiger partial charge in [-0.3, -0.25) is 4.99 Å². The Morgan fingerprint density at radius 1 is 1.41 bits per heavy atom. The van der Waals surface area contributed by atoms with Crippen LogP contribution in [0.5, 0.6) is 0 Å². The van der Waals surface area contributed by atoms with Crippen LogP contribution in [-0.4, -0.2) is 33.7 Å². The zero-order valence-corrected chi connectivity index (χ0v) is 10.9. The maximum Gasteiger partial charge on any atom is 0.188 e. The highest BCUT2D eigenvalue weighted by Crippen LogP contribution is 2.14. The molecule has 0 heterocycles. The number of benzene rings is 1. The SMILES string of the molecule is CN=C(N)NCCS(=O)(=O)c1ccc(Cl)cc1. The van der Waals surface area contributed by atoms with Gasteiger partial charge < -0.3 is 11.1 Å². The second-order valence-corrected chi connectivity index (χ2v) is 5.85. The second kappa shape index (κ2) is 5.88. The van der Waals surface area contributed by atoms with Gasteiger partial charge in [-0.2, -0.15) is 0 Å². The highest BCUT2D eigenvalue weighted by molar-refractivity contribution is 7.91. The van der Waals surface area contributed by atoms with Crippen LogP contribution < -0.4 is 11.1 Å². The molecule has 0 aliphatic rings. The van der Waals surface area contributed by atoms with Crippen LogP contribution in [0.2, 0.25) is 5.02 Å². The van der Waals surface area contributed by atoms with Crippen LogP contribution in [0.3, 0.4) is 0 Å². The zero-order valence-electron chi connectivity index (χ0n) is 9.35. The summed E-state index contributed by atoms with van der Waals surface area (Å²) in [6.07, 6.45) is 0. The third-order valence-corrected chi connectivity index (χ3v) is 4.07. The van der Waals surface area contributed by atoms with Crippen molar-refractivity contribution in [2.24, 2.45) is 10.7 Å². The van der Waals surface area contributed by atoms with Crippen LogP contribution in [0.4, 0.5) is 0 Å². The highest BCUT2D eigenvalue weighted by atomic mass is 35.5. The average Bonchev–Trinajstić information content (AvgIpc) is 2.29. The van der Waals surface area contributed by atoms with Crippen molar-refractivity contribution in [2.75, 3.05) is 19.3 Å². The Morgan fingerprint density at radius 3 is 2.53 bits per heavy atom. The van der Waals surface area contributed by atoms with Crippen molar-refractivity contribution in [2.45, 2.75) is 4.90 Å². The molecule has 0 radical (unpaired) electrons. The van der Waals surface area contributed by atoms with Gasteiger partial charge in [0.15, 0.2) is 15.8 Å². The monoisotopic (exact) mass is 275 g/mol. The number of nitrogens with one attached hydrogen (secondary N) is 1. The first-order valence-electron chi connectivity index (χ1n) is 4.90. The molecule has 0 aliphatic heterocycles. The van der Waals surface area contributed by atoms with E-state index in [1.807, 2.05) is 0 Å². The van der Waals surface area contributed by atoms with Crippen LogP contribution in [0.1, 0.15) is 0 Å². The third kappa shape index (κ3) is 4.24. The van der Waals surface area contributed by atoms with E-state index >= 15 is 0 Å². The van der Waals surface area contributed by atoms with Crippen molar-refractivity contribution in [3.05, 3.63) is 29.3 Å². The molecule has 0 atom stereocenters. The van der Waals surface area contributed by atoms with Gasteiger partial charge in [0, 0.05) is 18.6 Å². The molecule has 94 valence electrons. The van der Waals surface area contributed by atoms with E-state index in [1.165, 1.54) is 19.2 Å². The summed E-state index contributed by atoms with van der Waals surface area (Å²) in [7, 11) is -1.79. The molecular weight excluding hydrogens is 262 g/mol. The van der Waals surface area contributed by atoms with Crippen molar-refractivity contribution in [1.82, 2.24) is 5.32 Å². The minimum absolute atomic E-state index is 0.0507. The number of halogens is 1. The largest absolute Gasteiger partial charge is 0.370 e.